The van der Waals surface area contributed by atoms with Crippen LogP contribution >= 0.6 is 0 Å². The van der Waals surface area contributed by atoms with Crippen LogP contribution in [0.25, 0.3) is 5.70 Å². The number of allylic oxidation sites excluding steroid dienone is 1. The molecule has 36 heavy (non-hydrogen) atoms. The van der Waals surface area contributed by atoms with E-state index in [-0.39, 0.29) is 18.3 Å². The van der Waals surface area contributed by atoms with E-state index in [2.05, 4.69) is 20.5 Å². The summed E-state index contributed by atoms with van der Waals surface area (Å²) in [4.78, 5) is 30.2. The maximum absolute atomic E-state index is 12.2. The third-order valence-corrected chi connectivity index (χ3v) is 5.82. The lowest BCUT2D eigenvalue weighted by molar-refractivity contribution is -0.123. The first kappa shape index (κ1) is 26.9. The second-order valence-corrected chi connectivity index (χ2v) is 8.40. The number of aryl methyl sites for hydroxylation is 1. The van der Waals surface area contributed by atoms with Crippen molar-refractivity contribution in [1.29, 1.82) is 0 Å². The zero-order valence-electron chi connectivity index (χ0n) is 20.8. The van der Waals surface area contributed by atoms with Crippen LogP contribution in [-0.2, 0) is 14.3 Å². The number of nitrogens with one attached hydrogen (secondary N) is 2. The Morgan fingerprint density at radius 1 is 1.19 bits per heavy atom. The number of carbonyl (C=O) groups excluding carboxylic acids is 2. The molecule has 3 rings (SSSR count). The molecule has 0 radical (unpaired) electrons. The van der Waals surface area contributed by atoms with Gasteiger partial charge in [-0.15, -0.1) is 0 Å². The minimum Gasteiger partial charge on any atom is -0.508 e. The highest BCUT2D eigenvalue weighted by Gasteiger charge is 2.11. The molecule has 3 N–H and O–H groups in total. The number of carbonyl (C=O) groups is 2. The normalized spacial score (nSPS) is 14.8. The summed E-state index contributed by atoms with van der Waals surface area (Å²) in [6.07, 6.45) is 3.22. The minimum atomic E-state index is -0.188. The number of hydrogen-bond acceptors (Lipinski definition) is 7. The van der Waals surface area contributed by atoms with Gasteiger partial charge in [0, 0.05) is 37.8 Å². The molecule has 1 saturated heterocycles. The zero-order chi connectivity index (χ0) is 25.8. The molecule has 0 bridgehead atoms. The summed E-state index contributed by atoms with van der Waals surface area (Å²) in [6.45, 7) is 6.62. The van der Waals surface area contributed by atoms with E-state index in [1.54, 1.807) is 43.5 Å². The van der Waals surface area contributed by atoms with E-state index in [4.69, 9.17) is 9.47 Å². The van der Waals surface area contributed by atoms with Crippen molar-refractivity contribution in [3.05, 3.63) is 65.2 Å². The van der Waals surface area contributed by atoms with Crippen LogP contribution in [0.1, 0.15) is 23.1 Å². The lowest BCUT2D eigenvalue weighted by atomic mass is 10.0. The Morgan fingerprint density at radius 2 is 2.00 bits per heavy atom. The molecular weight excluding hydrogens is 460 g/mol. The molecule has 1 fully saturated rings. The fourth-order valence-electron chi connectivity index (χ4n) is 3.81. The standard InChI is InChI=1S/C27H34N4O5/c1-20-15-22(7-8-26(20)33)24(28-2)17-25(30-19-32)21-5-3-6-23(16-21)36-18-27(34)29-9-4-10-31-11-13-35-14-12-31/h3,5-8,15-17,19,33H,4,9-14,18H2,1-2H3,(H,29,34)(H,30,32)/b25-17-,28-24?. The van der Waals surface area contributed by atoms with E-state index >= 15 is 0 Å². The Morgan fingerprint density at radius 3 is 2.72 bits per heavy atom. The van der Waals surface area contributed by atoms with Crippen LogP contribution in [0.3, 0.4) is 0 Å². The van der Waals surface area contributed by atoms with Crippen molar-refractivity contribution in [1.82, 2.24) is 15.5 Å². The van der Waals surface area contributed by atoms with Crippen LogP contribution in [-0.4, -0.2) is 81.1 Å². The summed E-state index contributed by atoms with van der Waals surface area (Å²) < 4.78 is 11.0. The summed E-state index contributed by atoms with van der Waals surface area (Å²) in [5.41, 5.74) is 3.37. The largest absolute Gasteiger partial charge is 0.508 e. The number of amides is 2. The monoisotopic (exact) mass is 494 g/mol. The maximum atomic E-state index is 12.2. The van der Waals surface area contributed by atoms with Crippen molar-refractivity contribution in [2.45, 2.75) is 13.3 Å². The van der Waals surface area contributed by atoms with Crippen LogP contribution in [0, 0.1) is 6.92 Å². The number of nitrogens with zero attached hydrogens (tertiary/aromatic N) is 2. The summed E-state index contributed by atoms with van der Waals surface area (Å²) in [7, 11) is 1.66. The molecule has 1 aliphatic rings. The highest BCUT2D eigenvalue weighted by Crippen LogP contribution is 2.21. The van der Waals surface area contributed by atoms with Gasteiger partial charge in [0.2, 0.25) is 6.41 Å². The number of hydrogen-bond donors (Lipinski definition) is 3. The first-order valence-electron chi connectivity index (χ1n) is 12.0. The van der Waals surface area contributed by atoms with E-state index in [9.17, 15) is 14.7 Å². The van der Waals surface area contributed by atoms with Gasteiger partial charge in [0.05, 0.1) is 24.6 Å². The predicted molar refractivity (Wildman–Crippen MR) is 139 cm³/mol. The number of benzene rings is 2. The highest BCUT2D eigenvalue weighted by atomic mass is 16.5. The number of morpholine rings is 1. The molecule has 0 aliphatic carbocycles. The van der Waals surface area contributed by atoms with E-state index < -0.39 is 0 Å². The third-order valence-electron chi connectivity index (χ3n) is 5.82. The molecule has 0 spiro atoms. The Bertz CT molecular complexity index is 1090. The molecule has 0 atom stereocenters. The molecule has 0 saturated carbocycles. The van der Waals surface area contributed by atoms with Crippen LogP contribution < -0.4 is 15.4 Å². The number of aliphatic imine (C=N–C) groups is 1. The van der Waals surface area contributed by atoms with Crippen LogP contribution in [0.4, 0.5) is 0 Å². The maximum Gasteiger partial charge on any atom is 0.257 e. The summed E-state index contributed by atoms with van der Waals surface area (Å²) in [5.74, 6) is 0.521. The highest BCUT2D eigenvalue weighted by molar-refractivity contribution is 6.12. The molecule has 2 amide bonds. The van der Waals surface area contributed by atoms with Crippen molar-refractivity contribution >= 4 is 23.7 Å². The van der Waals surface area contributed by atoms with Gasteiger partial charge in [0.1, 0.15) is 11.5 Å². The summed E-state index contributed by atoms with van der Waals surface area (Å²) in [6, 6.07) is 12.3. The molecule has 2 aromatic carbocycles. The Labute approximate surface area is 211 Å². The molecule has 0 unspecified atom stereocenters. The van der Waals surface area contributed by atoms with E-state index in [0.717, 1.165) is 50.4 Å². The van der Waals surface area contributed by atoms with Crippen LogP contribution in [0.5, 0.6) is 11.5 Å². The second kappa shape index (κ2) is 14.0. The smallest absolute Gasteiger partial charge is 0.257 e. The van der Waals surface area contributed by atoms with Gasteiger partial charge in [-0.05, 0) is 61.9 Å². The first-order valence-corrected chi connectivity index (χ1v) is 12.0. The number of rotatable bonds is 12. The van der Waals surface area contributed by atoms with Crippen molar-refractivity contribution in [3.63, 3.8) is 0 Å². The van der Waals surface area contributed by atoms with E-state index in [1.807, 2.05) is 19.1 Å². The number of ether oxygens (including phenoxy) is 2. The van der Waals surface area contributed by atoms with Crippen LogP contribution in [0.2, 0.25) is 0 Å². The number of phenolic OH excluding ortho intramolecular Hbond substituents is 1. The predicted octanol–water partition coefficient (Wildman–Crippen LogP) is 2.12. The molecule has 9 nitrogen and oxygen atoms in total. The molecule has 1 heterocycles. The van der Waals surface area contributed by atoms with Gasteiger partial charge in [0.25, 0.3) is 5.91 Å². The topological polar surface area (TPSA) is 112 Å². The number of aromatic hydroxyl groups is 1. The van der Waals surface area contributed by atoms with Gasteiger partial charge < -0.3 is 25.2 Å². The zero-order valence-corrected chi connectivity index (χ0v) is 20.8. The van der Waals surface area contributed by atoms with Gasteiger partial charge >= 0.3 is 0 Å². The summed E-state index contributed by atoms with van der Waals surface area (Å²) in [5, 5.41) is 15.4. The fourth-order valence-corrected chi connectivity index (χ4v) is 3.81. The van der Waals surface area contributed by atoms with E-state index in [1.165, 1.54) is 0 Å². The lowest BCUT2D eigenvalue weighted by Gasteiger charge is -2.26. The van der Waals surface area contributed by atoms with Crippen LogP contribution in [0.15, 0.2) is 53.5 Å². The lowest BCUT2D eigenvalue weighted by Crippen LogP contribution is -2.38. The van der Waals surface area contributed by atoms with Gasteiger partial charge in [-0.1, -0.05) is 12.1 Å². The van der Waals surface area contributed by atoms with Crippen molar-refractivity contribution in [2.75, 3.05) is 53.0 Å². The third kappa shape index (κ3) is 8.21. The average molecular weight is 495 g/mol. The fraction of sp³-hybridized carbons (Fsp3) is 0.370. The van der Waals surface area contributed by atoms with Crippen molar-refractivity contribution in [3.8, 4) is 11.5 Å². The first-order chi connectivity index (χ1) is 17.5. The number of phenols is 1. The Balaban J connectivity index is 1.59. The Hall–Kier alpha value is -3.69. The van der Waals surface area contributed by atoms with Gasteiger partial charge in [0.15, 0.2) is 6.61 Å². The van der Waals surface area contributed by atoms with Gasteiger partial charge in [-0.3, -0.25) is 19.5 Å². The molecule has 9 heteroatoms. The van der Waals surface area contributed by atoms with Crippen molar-refractivity contribution < 1.29 is 24.2 Å². The quantitative estimate of drug-likeness (QED) is 0.237. The molecule has 2 aromatic rings. The van der Waals surface area contributed by atoms with Gasteiger partial charge in [-0.25, -0.2) is 0 Å². The molecular formula is C27H34N4O5. The SMILES string of the molecule is CN=C(/C=C(\NC=O)c1cccc(OCC(=O)NCCCN2CCOCC2)c1)c1ccc(O)c(C)c1. The van der Waals surface area contributed by atoms with Gasteiger partial charge in [-0.2, -0.15) is 0 Å². The molecule has 192 valence electrons. The summed E-state index contributed by atoms with van der Waals surface area (Å²) >= 11 is 0. The second-order valence-electron chi connectivity index (χ2n) is 8.40. The molecule has 0 aromatic heterocycles. The minimum absolute atomic E-state index is 0.102. The van der Waals surface area contributed by atoms with E-state index in [0.29, 0.717) is 35.7 Å². The molecule has 1 aliphatic heterocycles. The average Bonchev–Trinajstić information content (AvgIpc) is 2.90. The van der Waals surface area contributed by atoms with Crippen molar-refractivity contribution in [2.24, 2.45) is 4.99 Å². The Kier molecular flexibility index (Phi) is 10.5.